The van der Waals surface area contributed by atoms with Crippen molar-refractivity contribution in [2.75, 3.05) is 11.9 Å². The number of aliphatic carboxylic acids is 1. The fourth-order valence-corrected chi connectivity index (χ4v) is 1.95. The van der Waals surface area contributed by atoms with Crippen molar-refractivity contribution in [3.63, 3.8) is 0 Å². The van der Waals surface area contributed by atoms with Crippen molar-refractivity contribution in [3.8, 4) is 5.75 Å². The summed E-state index contributed by atoms with van der Waals surface area (Å²) < 4.78 is 0. The topological polar surface area (TPSA) is 69.6 Å². The Bertz CT molecular complexity index is 389. The van der Waals surface area contributed by atoms with Crippen molar-refractivity contribution in [2.24, 2.45) is 5.92 Å². The molecule has 1 unspecified atom stereocenters. The largest absolute Gasteiger partial charge is 0.508 e. The van der Waals surface area contributed by atoms with Gasteiger partial charge in [-0.2, -0.15) is 0 Å². The standard InChI is InChI=1S/C11H13NO3/c13-9-1-2-10-8(5-9)3-7(6-12-10)4-11(14)15/h1-2,5,7,12-13H,3-4,6H2,(H,14,15). The highest BCUT2D eigenvalue weighted by Crippen LogP contribution is 2.28. The van der Waals surface area contributed by atoms with Gasteiger partial charge in [-0.05, 0) is 36.1 Å². The van der Waals surface area contributed by atoms with E-state index in [1.54, 1.807) is 12.1 Å². The molecule has 4 heteroatoms. The fraction of sp³-hybridized carbons (Fsp3) is 0.364. The molecule has 0 bridgehead atoms. The van der Waals surface area contributed by atoms with E-state index >= 15 is 0 Å². The lowest BCUT2D eigenvalue weighted by Crippen LogP contribution is -2.25. The molecule has 1 aliphatic heterocycles. The van der Waals surface area contributed by atoms with Gasteiger partial charge in [0, 0.05) is 12.2 Å². The van der Waals surface area contributed by atoms with Crippen molar-refractivity contribution in [2.45, 2.75) is 12.8 Å². The highest BCUT2D eigenvalue weighted by atomic mass is 16.4. The molecule has 4 nitrogen and oxygen atoms in total. The summed E-state index contributed by atoms with van der Waals surface area (Å²) >= 11 is 0. The molecular formula is C11H13NO3. The summed E-state index contributed by atoms with van der Waals surface area (Å²) in [6.45, 7) is 0.685. The number of carboxylic acids is 1. The van der Waals surface area contributed by atoms with Gasteiger partial charge < -0.3 is 15.5 Å². The fourth-order valence-electron chi connectivity index (χ4n) is 1.95. The molecular weight excluding hydrogens is 194 g/mol. The van der Waals surface area contributed by atoms with Gasteiger partial charge >= 0.3 is 5.97 Å². The molecule has 1 atom stereocenters. The van der Waals surface area contributed by atoms with E-state index in [9.17, 15) is 9.90 Å². The summed E-state index contributed by atoms with van der Waals surface area (Å²) in [7, 11) is 0. The van der Waals surface area contributed by atoms with E-state index in [4.69, 9.17) is 5.11 Å². The number of rotatable bonds is 2. The number of phenolic OH excluding ortho intramolecular Hbond substituents is 1. The van der Waals surface area contributed by atoms with Crippen LogP contribution in [0.25, 0.3) is 0 Å². The molecule has 1 heterocycles. The van der Waals surface area contributed by atoms with Gasteiger partial charge in [-0.15, -0.1) is 0 Å². The van der Waals surface area contributed by atoms with Crippen molar-refractivity contribution in [1.29, 1.82) is 0 Å². The molecule has 2 rings (SSSR count). The molecule has 0 aromatic heterocycles. The zero-order valence-electron chi connectivity index (χ0n) is 8.23. The van der Waals surface area contributed by atoms with E-state index < -0.39 is 5.97 Å². The van der Waals surface area contributed by atoms with E-state index in [0.29, 0.717) is 13.0 Å². The monoisotopic (exact) mass is 207 g/mol. The average Bonchev–Trinajstić information content (AvgIpc) is 2.16. The summed E-state index contributed by atoms with van der Waals surface area (Å²) in [4.78, 5) is 10.6. The van der Waals surface area contributed by atoms with Crippen LogP contribution in [-0.2, 0) is 11.2 Å². The van der Waals surface area contributed by atoms with Gasteiger partial charge in [0.2, 0.25) is 0 Å². The van der Waals surface area contributed by atoms with Crippen LogP contribution in [-0.4, -0.2) is 22.7 Å². The highest BCUT2D eigenvalue weighted by molar-refractivity contribution is 5.67. The van der Waals surface area contributed by atoms with Crippen LogP contribution in [0.3, 0.4) is 0 Å². The number of benzene rings is 1. The maximum Gasteiger partial charge on any atom is 0.303 e. The normalized spacial score (nSPS) is 19.1. The zero-order chi connectivity index (χ0) is 10.8. The molecule has 15 heavy (non-hydrogen) atoms. The summed E-state index contributed by atoms with van der Waals surface area (Å²) in [5.41, 5.74) is 1.99. The number of phenols is 1. The maximum absolute atomic E-state index is 10.6. The lowest BCUT2D eigenvalue weighted by Gasteiger charge is -2.25. The molecule has 0 spiro atoms. The van der Waals surface area contributed by atoms with Crippen molar-refractivity contribution < 1.29 is 15.0 Å². The molecule has 1 aromatic carbocycles. The Morgan fingerprint density at radius 1 is 1.53 bits per heavy atom. The second kappa shape index (κ2) is 3.81. The van der Waals surface area contributed by atoms with Crippen LogP contribution in [0.1, 0.15) is 12.0 Å². The minimum atomic E-state index is -0.773. The Kier molecular flexibility index (Phi) is 2.49. The molecule has 0 aliphatic carbocycles. The Hall–Kier alpha value is -1.71. The smallest absolute Gasteiger partial charge is 0.303 e. The minimum Gasteiger partial charge on any atom is -0.508 e. The van der Waals surface area contributed by atoms with Crippen molar-refractivity contribution in [3.05, 3.63) is 23.8 Å². The second-order valence-corrected chi connectivity index (χ2v) is 3.89. The van der Waals surface area contributed by atoms with Gasteiger partial charge in [0.25, 0.3) is 0 Å². The van der Waals surface area contributed by atoms with Crippen LogP contribution in [0.15, 0.2) is 18.2 Å². The first kappa shape index (κ1) is 9.83. The number of fused-ring (bicyclic) bond motifs is 1. The van der Waals surface area contributed by atoms with Crippen LogP contribution in [0.5, 0.6) is 5.75 Å². The van der Waals surface area contributed by atoms with Crippen LogP contribution in [0.4, 0.5) is 5.69 Å². The molecule has 0 saturated heterocycles. The molecule has 0 fully saturated rings. The number of carbonyl (C=O) groups is 1. The second-order valence-electron chi connectivity index (χ2n) is 3.89. The number of hydrogen-bond acceptors (Lipinski definition) is 3. The lowest BCUT2D eigenvalue weighted by atomic mass is 9.91. The Labute approximate surface area is 87.6 Å². The van der Waals surface area contributed by atoms with Gasteiger partial charge in [0.1, 0.15) is 5.75 Å². The molecule has 0 saturated carbocycles. The van der Waals surface area contributed by atoms with Gasteiger partial charge in [-0.1, -0.05) is 0 Å². The third kappa shape index (κ3) is 2.21. The summed E-state index contributed by atoms with van der Waals surface area (Å²) in [6, 6.07) is 5.14. The van der Waals surface area contributed by atoms with Crippen LogP contribution in [0, 0.1) is 5.92 Å². The SMILES string of the molecule is O=C(O)CC1CNc2ccc(O)cc2C1. The predicted octanol–water partition coefficient (Wildman–Crippen LogP) is 1.45. The number of anilines is 1. The first-order valence-electron chi connectivity index (χ1n) is 4.92. The molecule has 1 aromatic rings. The van der Waals surface area contributed by atoms with E-state index in [1.165, 1.54) is 0 Å². The average molecular weight is 207 g/mol. The quantitative estimate of drug-likeness (QED) is 0.642. The summed E-state index contributed by atoms with van der Waals surface area (Å²) in [5, 5.41) is 21.2. The Morgan fingerprint density at radius 2 is 2.33 bits per heavy atom. The van der Waals surface area contributed by atoms with Gasteiger partial charge in [0.15, 0.2) is 0 Å². The van der Waals surface area contributed by atoms with Gasteiger partial charge in [0.05, 0.1) is 6.42 Å². The van der Waals surface area contributed by atoms with Crippen LogP contribution < -0.4 is 5.32 Å². The van der Waals surface area contributed by atoms with Crippen molar-refractivity contribution in [1.82, 2.24) is 0 Å². The first-order valence-corrected chi connectivity index (χ1v) is 4.92. The van der Waals surface area contributed by atoms with E-state index in [0.717, 1.165) is 11.3 Å². The predicted molar refractivity (Wildman–Crippen MR) is 56.0 cm³/mol. The third-order valence-corrected chi connectivity index (χ3v) is 2.64. The first-order chi connectivity index (χ1) is 7.15. The number of carboxylic acid groups (broad SMARTS) is 1. The molecule has 1 aliphatic rings. The van der Waals surface area contributed by atoms with Gasteiger partial charge in [-0.3, -0.25) is 4.79 Å². The van der Waals surface area contributed by atoms with Gasteiger partial charge in [-0.25, -0.2) is 0 Å². The number of hydrogen-bond donors (Lipinski definition) is 3. The van der Waals surface area contributed by atoms with E-state index in [-0.39, 0.29) is 18.1 Å². The van der Waals surface area contributed by atoms with E-state index in [1.807, 2.05) is 6.07 Å². The van der Waals surface area contributed by atoms with Crippen LogP contribution >= 0.6 is 0 Å². The molecule has 0 radical (unpaired) electrons. The minimum absolute atomic E-state index is 0.108. The summed E-state index contributed by atoms with van der Waals surface area (Å²) in [6.07, 6.45) is 0.880. The molecule has 3 N–H and O–H groups in total. The maximum atomic E-state index is 10.6. The van der Waals surface area contributed by atoms with Crippen LogP contribution in [0.2, 0.25) is 0 Å². The number of nitrogens with one attached hydrogen (secondary N) is 1. The van der Waals surface area contributed by atoms with Crippen molar-refractivity contribution >= 4 is 11.7 Å². The molecule has 80 valence electrons. The lowest BCUT2D eigenvalue weighted by molar-refractivity contribution is -0.138. The molecule has 0 amide bonds. The third-order valence-electron chi connectivity index (χ3n) is 2.64. The zero-order valence-corrected chi connectivity index (χ0v) is 8.23. The Morgan fingerprint density at radius 3 is 3.07 bits per heavy atom. The van der Waals surface area contributed by atoms with E-state index in [2.05, 4.69) is 5.32 Å². The Balaban J connectivity index is 2.14. The summed E-state index contributed by atoms with van der Waals surface area (Å²) in [5.74, 6) is -0.436. The number of aromatic hydroxyl groups is 1. The highest BCUT2D eigenvalue weighted by Gasteiger charge is 2.20.